The van der Waals surface area contributed by atoms with Crippen molar-refractivity contribution < 1.29 is 4.79 Å². The molecule has 5 heteroatoms. The fraction of sp³-hybridized carbons (Fsp3) is 0.308. The maximum absolute atomic E-state index is 12.2. The molecule has 18 heavy (non-hydrogen) atoms. The minimum Gasteiger partial charge on any atom is -0.383 e. The van der Waals surface area contributed by atoms with E-state index in [2.05, 4.69) is 10.1 Å². The Balaban J connectivity index is 2.41. The fourth-order valence-electron chi connectivity index (χ4n) is 1.54. The van der Waals surface area contributed by atoms with Crippen LogP contribution in [0.4, 0.5) is 5.82 Å². The van der Waals surface area contributed by atoms with E-state index >= 15 is 0 Å². The zero-order valence-electron chi connectivity index (χ0n) is 10.7. The number of pyridine rings is 1. The Morgan fingerprint density at radius 2 is 2.11 bits per heavy atom. The van der Waals surface area contributed by atoms with Gasteiger partial charge in [-0.2, -0.15) is 9.78 Å². The van der Waals surface area contributed by atoms with Crippen molar-refractivity contribution in [2.24, 2.45) is 0 Å². The van der Waals surface area contributed by atoms with Crippen molar-refractivity contribution in [2.45, 2.75) is 26.2 Å². The molecule has 2 heterocycles. The predicted octanol–water partition coefficient (Wildman–Crippen LogP) is 1.85. The molecule has 0 saturated heterocycles. The van der Waals surface area contributed by atoms with Crippen molar-refractivity contribution in [1.82, 2.24) is 14.8 Å². The molecule has 2 rings (SSSR count). The summed E-state index contributed by atoms with van der Waals surface area (Å²) >= 11 is 0. The zero-order valence-corrected chi connectivity index (χ0v) is 10.7. The number of carbonyl (C=O) groups is 1. The molecule has 2 aromatic rings. The van der Waals surface area contributed by atoms with Gasteiger partial charge >= 0.3 is 0 Å². The number of hydrogen-bond donors (Lipinski definition) is 1. The molecular formula is C13H16N4O. The Kier molecular flexibility index (Phi) is 2.90. The number of nitrogens with two attached hydrogens (primary N) is 1. The Morgan fingerprint density at radius 3 is 2.61 bits per heavy atom. The number of aromatic nitrogens is 3. The number of carbonyl (C=O) groups excluding carboxylic acids is 1. The van der Waals surface area contributed by atoms with Crippen LogP contribution in [-0.2, 0) is 5.41 Å². The molecule has 0 fully saturated rings. The molecule has 0 aliphatic rings. The van der Waals surface area contributed by atoms with Crippen LogP contribution in [0.5, 0.6) is 0 Å². The van der Waals surface area contributed by atoms with Gasteiger partial charge in [-0.05, 0) is 12.1 Å². The molecule has 0 aromatic carbocycles. The topological polar surface area (TPSA) is 73.8 Å². The molecule has 0 radical (unpaired) electrons. The van der Waals surface area contributed by atoms with Gasteiger partial charge in [0.15, 0.2) is 0 Å². The summed E-state index contributed by atoms with van der Waals surface area (Å²) in [6.07, 6.45) is 3.12. The van der Waals surface area contributed by atoms with E-state index in [1.54, 1.807) is 24.4 Å². The molecule has 0 unspecified atom stereocenters. The van der Waals surface area contributed by atoms with Crippen LogP contribution in [0.3, 0.4) is 0 Å². The Hall–Kier alpha value is -2.17. The van der Waals surface area contributed by atoms with Crippen LogP contribution in [0.1, 0.15) is 36.8 Å². The molecule has 2 aromatic heterocycles. The number of nitrogen functional groups attached to an aromatic ring is 1. The lowest BCUT2D eigenvalue weighted by molar-refractivity contribution is 0.0946. The molecule has 0 aliphatic heterocycles. The zero-order chi connectivity index (χ0) is 13.3. The SMILES string of the molecule is CC(C)(C)c1cc(N)n(C(=O)c2cccnc2)n1. The molecular weight excluding hydrogens is 228 g/mol. The molecule has 0 saturated carbocycles. The second-order valence-electron chi connectivity index (χ2n) is 5.16. The fourth-order valence-corrected chi connectivity index (χ4v) is 1.54. The van der Waals surface area contributed by atoms with Crippen molar-refractivity contribution in [2.75, 3.05) is 5.73 Å². The minimum atomic E-state index is -0.267. The van der Waals surface area contributed by atoms with Gasteiger partial charge in [-0.1, -0.05) is 20.8 Å². The Morgan fingerprint density at radius 1 is 1.39 bits per heavy atom. The van der Waals surface area contributed by atoms with Crippen LogP contribution in [-0.4, -0.2) is 20.7 Å². The van der Waals surface area contributed by atoms with Gasteiger partial charge in [0.1, 0.15) is 5.82 Å². The largest absolute Gasteiger partial charge is 0.383 e. The monoisotopic (exact) mass is 244 g/mol. The average Bonchev–Trinajstić information content (AvgIpc) is 2.71. The number of hydrogen-bond acceptors (Lipinski definition) is 4. The van der Waals surface area contributed by atoms with E-state index in [9.17, 15) is 4.79 Å². The maximum Gasteiger partial charge on any atom is 0.281 e. The van der Waals surface area contributed by atoms with E-state index in [0.717, 1.165) is 5.69 Å². The van der Waals surface area contributed by atoms with Crippen LogP contribution in [0.2, 0.25) is 0 Å². The highest BCUT2D eigenvalue weighted by Gasteiger charge is 2.21. The van der Waals surface area contributed by atoms with Crippen molar-refractivity contribution >= 4 is 11.7 Å². The predicted molar refractivity (Wildman–Crippen MR) is 69.3 cm³/mol. The van der Waals surface area contributed by atoms with E-state index in [0.29, 0.717) is 11.4 Å². The molecule has 0 bridgehead atoms. The summed E-state index contributed by atoms with van der Waals surface area (Å²) in [5.41, 5.74) is 6.95. The summed E-state index contributed by atoms with van der Waals surface area (Å²) in [7, 11) is 0. The van der Waals surface area contributed by atoms with E-state index in [1.807, 2.05) is 20.8 Å². The lowest BCUT2D eigenvalue weighted by Gasteiger charge is -2.13. The highest BCUT2D eigenvalue weighted by molar-refractivity contribution is 5.96. The molecule has 0 spiro atoms. The van der Waals surface area contributed by atoms with Crippen molar-refractivity contribution in [3.8, 4) is 0 Å². The van der Waals surface area contributed by atoms with Crippen LogP contribution < -0.4 is 5.73 Å². The molecule has 5 nitrogen and oxygen atoms in total. The number of rotatable bonds is 1. The molecule has 94 valence electrons. The second kappa shape index (κ2) is 4.25. The van der Waals surface area contributed by atoms with Gasteiger partial charge in [-0.25, -0.2) is 0 Å². The highest BCUT2D eigenvalue weighted by atomic mass is 16.2. The van der Waals surface area contributed by atoms with Crippen LogP contribution >= 0.6 is 0 Å². The van der Waals surface area contributed by atoms with Gasteiger partial charge in [0.25, 0.3) is 5.91 Å². The van der Waals surface area contributed by atoms with Crippen LogP contribution in [0, 0.1) is 0 Å². The Labute approximate surface area is 106 Å². The first-order chi connectivity index (χ1) is 8.39. The third-order valence-electron chi connectivity index (χ3n) is 2.61. The third-order valence-corrected chi connectivity index (χ3v) is 2.61. The summed E-state index contributed by atoms with van der Waals surface area (Å²) in [5, 5.41) is 4.27. The lowest BCUT2D eigenvalue weighted by atomic mass is 9.92. The van der Waals surface area contributed by atoms with Gasteiger partial charge in [0.05, 0.1) is 11.3 Å². The summed E-state index contributed by atoms with van der Waals surface area (Å²) in [6.45, 7) is 6.06. The second-order valence-corrected chi connectivity index (χ2v) is 5.16. The molecule has 0 aliphatic carbocycles. The highest BCUT2D eigenvalue weighted by Crippen LogP contribution is 2.23. The molecule has 0 amide bonds. The Bertz CT molecular complexity index is 566. The first kappa shape index (κ1) is 12.3. The summed E-state index contributed by atoms with van der Waals surface area (Å²) in [6, 6.07) is 5.12. The van der Waals surface area contributed by atoms with E-state index in [1.165, 1.54) is 10.9 Å². The average molecular weight is 244 g/mol. The van der Waals surface area contributed by atoms with E-state index in [-0.39, 0.29) is 11.3 Å². The quantitative estimate of drug-likeness (QED) is 0.830. The van der Waals surface area contributed by atoms with E-state index in [4.69, 9.17) is 5.73 Å². The number of anilines is 1. The minimum absolute atomic E-state index is 0.144. The van der Waals surface area contributed by atoms with E-state index < -0.39 is 0 Å². The molecule has 0 atom stereocenters. The first-order valence-electron chi connectivity index (χ1n) is 5.70. The third kappa shape index (κ3) is 2.25. The van der Waals surface area contributed by atoms with Gasteiger partial charge in [0.2, 0.25) is 0 Å². The summed E-state index contributed by atoms with van der Waals surface area (Å²) in [4.78, 5) is 16.1. The van der Waals surface area contributed by atoms with Gasteiger partial charge in [0, 0.05) is 23.9 Å². The smallest absolute Gasteiger partial charge is 0.281 e. The summed E-state index contributed by atoms with van der Waals surface area (Å²) in [5.74, 6) is 0.0740. The normalized spacial score (nSPS) is 11.5. The van der Waals surface area contributed by atoms with Gasteiger partial charge < -0.3 is 5.73 Å². The number of nitrogens with zero attached hydrogens (tertiary/aromatic N) is 3. The first-order valence-corrected chi connectivity index (χ1v) is 5.70. The van der Waals surface area contributed by atoms with Crippen molar-refractivity contribution in [3.05, 3.63) is 41.9 Å². The van der Waals surface area contributed by atoms with Crippen LogP contribution in [0.15, 0.2) is 30.6 Å². The maximum atomic E-state index is 12.2. The summed E-state index contributed by atoms with van der Waals surface area (Å²) < 4.78 is 1.22. The lowest BCUT2D eigenvalue weighted by Crippen LogP contribution is -2.18. The van der Waals surface area contributed by atoms with Gasteiger partial charge in [-0.15, -0.1) is 0 Å². The molecule has 2 N–H and O–H groups in total. The van der Waals surface area contributed by atoms with Crippen molar-refractivity contribution in [1.29, 1.82) is 0 Å². The van der Waals surface area contributed by atoms with Crippen molar-refractivity contribution in [3.63, 3.8) is 0 Å². The van der Waals surface area contributed by atoms with Gasteiger partial charge in [-0.3, -0.25) is 9.78 Å². The standard InChI is InChI=1S/C13H16N4O/c1-13(2,3)10-7-11(14)17(16-10)12(18)9-5-4-6-15-8-9/h4-8H,14H2,1-3H3. The van der Waals surface area contributed by atoms with Crippen LogP contribution in [0.25, 0.3) is 0 Å².